The Balaban J connectivity index is 1.42. The number of aromatic nitrogens is 2. The predicted octanol–water partition coefficient (Wildman–Crippen LogP) is 0.162. The number of carbonyl (C=O) groups excluding carboxylic acids is 2. The first-order chi connectivity index (χ1) is 11.9. The molecule has 134 valence electrons. The average Bonchev–Trinajstić information content (AvgIpc) is 3.21. The molecule has 3 aliphatic rings. The lowest BCUT2D eigenvalue weighted by atomic mass is 10.2. The summed E-state index contributed by atoms with van der Waals surface area (Å²) in [6.45, 7) is 0. The summed E-state index contributed by atoms with van der Waals surface area (Å²) in [7, 11) is -3.12. The number of anilines is 1. The molecule has 2 amide bonds. The fourth-order valence-corrected chi connectivity index (χ4v) is 5.50. The van der Waals surface area contributed by atoms with Crippen LogP contribution in [-0.4, -0.2) is 53.0 Å². The average molecular weight is 383 g/mol. The summed E-state index contributed by atoms with van der Waals surface area (Å²) in [4.78, 5) is 24.5. The van der Waals surface area contributed by atoms with Crippen LogP contribution >= 0.6 is 11.3 Å². The number of hydrogen-bond acceptors (Lipinski definition) is 8. The Morgan fingerprint density at radius 3 is 2.80 bits per heavy atom. The van der Waals surface area contributed by atoms with E-state index < -0.39 is 21.8 Å². The molecule has 0 radical (unpaired) electrons. The van der Waals surface area contributed by atoms with Crippen LogP contribution in [0.15, 0.2) is 11.8 Å². The monoisotopic (exact) mass is 383 g/mol. The lowest BCUT2D eigenvalue weighted by molar-refractivity contribution is -0.136. The van der Waals surface area contributed by atoms with Crippen LogP contribution in [0.1, 0.15) is 36.6 Å². The van der Waals surface area contributed by atoms with E-state index in [9.17, 15) is 18.0 Å². The minimum atomic E-state index is -3.12. The van der Waals surface area contributed by atoms with E-state index in [1.165, 1.54) is 22.4 Å². The highest BCUT2D eigenvalue weighted by Gasteiger charge is 2.37. The Morgan fingerprint density at radius 2 is 2.12 bits per heavy atom. The van der Waals surface area contributed by atoms with Gasteiger partial charge in [0.2, 0.25) is 11.0 Å². The van der Waals surface area contributed by atoms with Gasteiger partial charge in [-0.3, -0.25) is 25.3 Å². The molecule has 4 rings (SSSR count). The summed E-state index contributed by atoms with van der Waals surface area (Å²) in [5.74, 6) is -0.222. The zero-order valence-electron chi connectivity index (χ0n) is 13.3. The van der Waals surface area contributed by atoms with Crippen molar-refractivity contribution in [2.24, 2.45) is 0 Å². The van der Waals surface area contributed by atoms with E-state index in [0.717, 1.165) is 17.8 Å². The molecule has 0 bridgehead atoms. The maximum atomic E-state index is 12.4. The van der Waals surface area contributed by atoms with Gasteiger partial charge in [-0.2, -0.15) is 0 Å². The Labute approximate surface area is 148 Å². The lowest BCUT2D eigenvalue weighted by Crippen LogP contribution is -2.53. The van der Waals surface area contributed by atoms with Crippen molar-refractivity contribution in [3.8, 4) is 0 Å². The van der Waals surface area contributed by atoms with Crippen molar-refractivity contribution in [1.82, 2.24) is 20.6 Å². The number of amides is 2. The van der Waals surface area contributed by atoms with Crippen molar-refractivity contribution < 1.29 is 18.0 Å². The largest absolute Gasteiger partial charge is 0.295 e. The molecule has 1 saturated carbocycles. The van der Waals surface area contributed by atoms with E-state index in [1.54, 1.807) is 0 Å². The number of hydrazine groups is 1. The van der Waals surface area contributed by atoms with Crippen LogP contribution in [-0.2, 0) is 19.4 Å². The lowest BCUT2D eigenvalue weighted by Gasteiger charge is -2.32. The van der Waals surface area contributed by atoms with Gasteiger partial charge in [0.25, 0.3) is 5.91 Å². The molecule has 0 aromatic carbocycles. The highest BCUT2D eigenvalue weighted by atomic mass is 32.2. The summed E-state index contributed by atoms with van der Waals surface area (Å²) >= 11 is 1.35. The van der Waals surface area contributed by atoms with Gasteiger partial charge in [0, 0.05) is 12.3 Å². The number of carbonyl (C=O) groups is 2. The van der Waals surface area contributed by atoms with E-state index in [1.807, 2.05) is 0 Å². The van der Waals surface area contributed by atoms with Crippen LogP contribution in [0.25, 0.3) is 0 Å². The van der Waals surface area contributed by atoms with Crippen LogP contribution in [0.3, 0.4) is 0 Å². The third-order valence-electron chi connectivity index (χ3n) is 4.40. The Morgan fingerprint density at radius 1 is 1.32 bits per heavy atom. The highest BCUT2D eigenvalue weighted by Crippen LogP contribution is 2.42. The van der Waals surface area contributed by atoms with Crippen LogP contribution in [0.5, 0.6) is 0 Å². The second kappa shape index (κ2) is 6.06. The van der Waals surface area contributed by atoms with Crippen molar-refractivity contribution in [2.75, 3.05) is 16.8 Å². The normalized spacial score (nSPS) is 25.4. The topological polar surface area (TPSA) is 121 Å². The van der Waals surface area contributed by atoms with Gasteiger partial charge in [-0.25, -0.2) is 8.42 Å². The maximum Gasteiger partial charge on any atom is 0.275 e. The molecule has 9 nitrogen and oxygen atoms in total. The number of hydrogen-bond donors (Lipinski definition) is 2. The molecule has 1 atom stereocenters. The van der Waals surface area contributed by atoms with E-state index in [2.05, 4.69) is 20.9 Å². The van der Waals surface area contributed by atoms with Crippen LogP contribution in [0.4, 0.5) is 5.13 Å². The van der Waals surface area contributed by atoms with Gasteiger partial charge in [-0.05, 0) is 25.3 Å². The summed E-state index contributed by atoms with van der Waals surface area (Å²) < 4.78 is 23.3. The fourth-order valence-electron chi connectivity index (χ4n) is 2.89. The number of nitrogens with zero attached hydrogens (tertiary/aromatic N) is 3. The summed E-state index contributed by atoms with van der Waals surface area (Å²) in [6, 6.07) is -0.447. The Bertz CT molecular complexity index is 858. The molecule has 11 heteroatoms. The van der Waals surface area contributed by atoms with E-state index in [4.69, 9.17) is 0 Å². The van der Waals surface area contributed by atoms with E-state index in [0.29, 0.717) is 17.5 Å². The molecular formula is C14H17N5O4S2. The molecule has 1 aromatic rings. The SMILES string of the molecule is O=C(Nc1nnc(C2CC2)s1)C1=CCC(=O)N([C@@H]2CCS(=O)(=O)C2)N1. The van der Waals surface area contributed by atoms with Crippen LogP contribution < -0.4 is 10.7 Å². The number of nitrogens with one attached hydrogen (secondary N) is 2. The van der Waals surface area contributed by atoms with Crippen LogP contribution in [0, 0.1) is 0 Å². The summed E-state index contributed by atoms with van der Waals surface area (Å²) in [5.41, 5.74) is 2.98. The van der Waals surface area contributed by atoms with Gasteiger partial charge in [0.15, 0.2) is 9.84 Å². The molecule has 1 aliphatic carbocycles. The van der Waals surface area contributed by atoms with Gasteiger partial charge in [0.05, 0.1) is 17.5 Å². The molecular weight excluding hydrogens is 366 g/mol. The maximum absolute atomic E-state index is 12.4. The van der Waals surface area contributed by atoms with Gasteiger partial charge in [-0.1, -0.05) is 11.3 Å². The van der Waals surface area contributed by atoms with Gasteiger partial charge >= 0.3 is 0 Å². The molecule has 2 N–H and O–H groups in total. The standard InChI is InChI=1S/C14H17N5O4S2/c20-11-4-3-10(18-19(11)9-5-6-25(22,23)7-9)12(21)15-14-17-16-13(24-14)8-1-2-8/h3,8-9,18H,1-2,4-7H2,(H,15,17,21)/t9-/m1/s1. The smallest absolute Gasteiger partial charge is 0.275 e. The number of sulfone groups is 1. The fraction of sp³-hybridized carbons (Fsp3) is 0.571. The van der Waals surface area contributed by atoms with Crippen molar-refractivity contribution in [2.45, 2.75) is 37.6 Å². The molecule has 0 unspecified atom stereocenters. The first kappa shape index (κ1) is 16.5. The first-order valence-corrected chi connectivity index (χ1v) is 10.7. The highest BCUT2D eigenvalue weighted by molar-refractivity contribution is 7.91. The van der Waals surface area contributed by atoms with Crippen molar-refractivity contribution >= 4 is 38.1 Å². The second-order valence-electron chi connectivity index (χ2n) is 6.43. The van der Waals surface area contributed by atoms with Gasteiger partial charge < -0.3 is 0 Å². The molecule has 2 fully saturated rings. The Hall–Kier alpha value is -2.01. The number of rotatable bonds is 4. The first-order valence-electron chi connectivity index (χ1n) is 8.05. The minimum absolute atomic E-state index is 0.0513. The van der Waals surface area contributed by atoms with Crippen molar-refractivity contribution in [1.29, 1.82) is 0 Å². The summed E-state index contributed by atoms with van der Waals surface area (Å²) in [6.07, 6.45) is 4.14. The molecule has 1 aromatic heterocycles. The zero-order chi connectivity index (χ0) is 17.6. The Kier molecular flexibility index (Phi) is 3.99. The molecule has 0 spiro atoms. The van der Waals surface area contributed by atoms with Crippen molar-refractivity contribution in [3.05, 3.63) is 16.8 Å². The molecule has 3 heterocycles. The minimum Gasteiger partial charge on any atom is -0.295 e. The third-order valence-corrected chi connectivity index (χ3v) is 7.15. The van der Waals surface area contributed by atoms with Crippen molar-refractivity contribution in [3.63, 3.8) is 0 Å². The van der Waals surface area contributed by atoms with E-state index in [-0.39, 0.29) is 29.5 Å². The summed E-state index contributed by atoms with van der Waals surface area (Å²) in [5, 5.41) is 13.3. The molecule has 25 heavy (non-hydrogen) atoms. The van der Waals surface area contributed by atoms with Gasteiger partial charge in [-0.15, -0.1) is 10.2 Å². The zero-order valence-corrected chi connectivity index (χ0v) is 14.9. The van der Waals surface area contributed by atoms with Gasteiger partial charge in [0.1, 0.15) is 10.7 Å². The van der Waals surface area contributed by atoms with E-state index >= 15 is 0 Å². The predicted molar refractivity (Wildman–Crippen MR) is 90.3 cm³/mol. The molecule has 1 saturated heterocycles. The molecule has 2 aliphatic heterocycles. The second-order valence-corrected chi connectivity index (χ2v) is 9.67. The quantitative estimate of drug-likeness (QED) is 0.760. The third kappa shape index (κ3) is 3.52. The van der Waals surface area contributed by atoms with Crippen LogP contribution in [0.2, 0.25) is 0 Å².